The van der Waals surface area contributed by atoms with Crippen molar-refractivity contribution in [3.8, 4) is 23.0 Å². The van der Waals surface area contributed by atoms with Crippen LogP contribution in [0.4, 0.5) is 5.69 Å². The van der Waals surface area contributed by atoms with E-state index in [4.69, 9.17) is 9.47 Å². The molecule has 1 aliphatic heterocycles. The second-order valence-electron chi connectivity index (χ2n) is 7.51. The Labute approximate surface area is 178 Å². The summed E-state index contributed by atoms with van der Waals surface area (Å²) in [5.74, 6) is 2.51. The number of nitrogens with one attached hydrogen (secondary N) is 1. The van der Waals surface area contributed by atoms with Crippen molar-refractivity contribution in [2.75, 3.05) is 17.9 Å². The topological polar surface area (TPSA) is 96.1 Å². The second kappa shape index (κ2) is 8.39. The van der Waals surface area contributed by atoms with Gasteiger partial charge in [-0.3, -0.25) is 9.48 Å². The molecule has 4 rings (SSSR count). The van der Waals surface area contributed by atoms with Crippen LogP contribution in [0.15, 0.2) is 29.4 Å². The Morgan fingerprint density at radius 1 is 1.23 bits per heavy atom. The number of hydrogen-bond acceptors (Lipinski definition) is 7. The number of thioether (sulfide) groups is 1. The van der Waals surface area contributed by atoms with Crippen molar-refractivity contribution < 1.29 is 14.3 Å². The fourth-order valence-electron chi connectivity index (χ4n) is 3.09. The minimum atomic E-state index is -0.131. The summed E-state index contributed by atoms with van der Waals surface area (Å²) in [7, 11) is 1.90. The zero-order valence-corrected chi connectivity index (χ0v) is 18.2. The summed E-state index contributed by atoms with van der Waals surface area (Å²) >= 11 is 1.36. The number of hydrogen-bond donors (Lipinski definition) is 1. The molecule has 0 saturated carbocycles. The van der Waals surface area contributed by atoms with Crippen LogP contribution in [0.25, 0.3) is 11.5 Å². The molecule has 0 unspecified atom stereocenters. The molecule has 1 amide bonds. The first-order valence-corrected chi connectivity index (χ1v) is 10.7. The number of anilines is 1. The number of amides is 1. The molecule has 1 aromatic carbocycles. The van der Waals surface area contributed by atoms with Crippen LogP contribution in [0.3, 0.4) is 0 Å². The highest BCUT2D eigenvalue weighted by molar-refractivity contribution is 7.99. The van der Waals surface area contributed by atoms with Crippen LogP contribution >= 0.6 is 11.8 Å². The summed E-state index contributed by atoms with van der Waals surface area (Å²) < 4.78 is 14.5. The molecule has 9 nitrogen and oxygen atoms in total. The lowest BCUT2D eigenvalue weighted by Gasteiger charge is -2.11. The number of carbonyl (C=O) groups is 1. The molecule has 0 aliphatic carbocycles. The van der Waals surface area contributed by atoms with Gasteiger partial charge in [0.2, 0.25) is 12.7 Å². The monoisotopic (exact) mass is 428 g/mol. The third-order valence-electron chi connectivity index (χ3n) is 4.60. The van der Waals surface area contributed by atoms with Gasteiger partial charge >= 0.3 is 0 Å². The highest BCUT2D eigenvalue weighted by Gasteiger charge is 2.19. The lowest BCUT2D eigenvalue weighted by Crippen LogP contribution is -2.15. The number of fused-ring (bicyclic) bond motifs is 1. The lowest BCUT2D eigenvalue weighted by atomic mass is 10.2. The number of benzene rings is 1. The largest absolute Gasteiger partial charge is 0.454 e. The summed E-state index contributed by atoms with van der Waals surface area (Å²) in [5, 5.41) is 16.8. The van der Waals surface area contributed by atoms with Gasteiger partial charge in [-0.1, -0.05) is 25.6 Å². The molecule has 30 heavy (non-hydrogen) atoms. The molecule has 3 aromatic rings. The van der Waals surface area contributed by atoms with Crippen LogP contribution in [0.1, 0.15) is 19.5 Å². The van der Waals surface area contributed by atoms with E-state index in [1.54, 1.807) is 18.2 Å². The van der Waals surface area contributed by atoms with Crippen molar-refractivity contribution in [3.05, 3.63) is 30.0 Å². The SMILES string of the molecule is Cc1cc(-c2nnc(SCC(=O)Nc3ccc4c(c3)OCO4)n2CC(C)C)nn1C. The average Bonchev–Trinajstić information content (AvgIpc) is 3.39. The molecule has 158 valence electrons. The van der Waals surface area contributed by atoms with E-state index in [2.05, 4.69) is 34.5 Å². The molecular weight excluding hydrogens is 404 g/mol. The van der Waals surface area contributed by atoms with Crippen molar-refractivity contribution in [1.82, 2.24) is 24.5 Å². The number of aromatic nitrogens is 5. The van der Waals surface area contributed by atoms with E-state index in [1.165, 1.54) is 11.8 Å². The Hall–Kier alpha value is -3.01. The van der Waals surface area contributed by atoms with Gasteiger partial charge in [0.15, 0.2) is 22.5 Å². The van der Waals surface area contributed by atoms with Gasteiger partial charge in [0.25, 0.3) is 0 Å². The zero-order valence-electron chi connectivity index (χ0n) is 17.4. The molecule has 3 heterocycles. The molecule has 0 spiro atoms. The quantitative estimate of drug-likeness (QED) is 0.578. The van der Waals surface area contributed by atoms with Crippen LogP contribution in [-0.2, 0) is 18.4 Å². The van der Waals surface area contributed by atoms with Gasteiger partial charge in [0.1, 0.15) is 5.69 Å². The average molecular weight is 429 g/mol. The number of rotatable bonds is 7. The van der Waals surface area contributed by atoms with Gasteiger partial charge in [-0.2, -0.15) is 5.10 Å². The highest BCUT2D eigenvalue weighted by Crippen LogP contribution is 2.34. The zero-order chi connectivity index (χ0) is 21.3. The van der Waals surface area contributed by atoms with Crippen LogP contribution in [0, 0.1) is 12.8 Å². The van der Waals surface area contributed by atoms with E-state index in [9.17, 15) is 4.79 Å². The molecule has 0 fully saturated rings. The van der Waals surface area contributed by atoms with E-state index in [0.29, 0.717) is 34.1 Å². The van der Waals surface area contributed by atoms with Crippen molar-refractivity contribution in [2.24, 2.45) is 13.0 Å². The Balaban J connectivity index is 1.46. The predicted molar refractivity (Wildman–Crippen MR) is 114 cm³/mol. The van der Waals surface area contributed by atoms with Gasteiger partial charge < -0.3 is 19.4 Å². The van der Waals surface area contributed by atoms with E-state index in [1.807, 2.05) is 29.3 Å². The lowest BCUT2D eigenvalue weighted by molar-refractivity contribution is -0.113. The Kier molecular flexibility index (Phi) is 5.67. The van der Waals surface area contributed by atoms with E-state index >= 15 is 0 Å². The van der Waals surface area contributed by atoms with Gasteiger partial charge in [-0.15, -0.1) is 10.2 Å². The Bertz CT molecular complexity index is 1060. The van der Waals surface area contributed by atoms with Gasteiger partial charge in [0.05, 0.1) is 5.75 Å². The first-order chi connectivity index (χ1) is 14.4. The molecule has 0 bridgehead atoms. The molecule has 1 N–H and O–H groups in total. The molecule has 2 aromatic heterocycles. The maximum atomic E-state index is 12.5. The minimum Gasteiger partial charge on any atom is -0.454 e. The molecule has 10 heteroatoms. The first kappa shape index (κ1) is 20.3. The summed E-state index contributed by atoms with van der Waals surface area (Å²) in [6, 6.07) is 7.32. The third-order valence-corrected chi connectivity index (χ3v) is 5.56. The standard InChI is InChI=1S/C20H24N6O3S/c1-12(2)9-26-19(15-7-13(3)25(4)24-15)22-23-20(26)30-10-18(27)21-14-5-6-16-17(8-14)29-11-28-16/h5-8,12H,9-11H2,1-4H3,(H,21,27). The Morgan fingerprint density at radius 3 is 2.77 bits per heavy atom. The van der Waals surface area contributed by atoms with Crippen molar-refractivity contribution in [3.63, 3.8) is 0 Å². The van der Waals surface area contributed by atoms with Crippen LogP contribution < -0.4 is 14.8 Å². The van der Waals surface area contributed by atoms with Crippen molar-refractivity contribution >= 4 is 23.4 Å². The minimum absolute atomic E-state index is 0.131. The number of carbonyl (C=O) groups excluding carboxylic acids is 1. The number of ether oxygens (including phenoxy) is 2. The fourth-order valence-corrected chi connectivity index (χ4v) is 3.83. The summed E-state index contributed by atoms with van der Waals surface area (Å²) in [4.78, 5) is 12.5. The Morgan fingerprint density at radius 2 is 2.03 bits per heavy atom. The van der Waals surface area contributed by atoms with Gasteiger partial charge in [0, 0.05) is 31.0 Å². The molecule has 1 aliphatic rings. The molecule has 0 radical (unpaired) electrons. The summed E-state index contributed by atoms with van der Waals surface area (Å²) in [6.45, 7) is 7.20. The highest BCUT2D eigenvalue weighted by atomic mass is 32.2. The second-order valence-corrected chi connectivity index (χ2v) is 8.45. The third kappa shape index (κ3) is 4.28. The van der Waals surface area contributed by atoms with Crippen LogP contribution in [-0.4, -0.2) is 43.0 Å². The number of aryl methyl sites for hydroxylation is 2. The summed E-state index contributed by atoms with van der Waals surface area (Å²) in [5.41, 5.74) is 2.49. The fraction of sp³-hybridized carbons (Fsp3) is 0.400. The molecule has 0 saturated heterocycles. The van der Waals surface area contributed by atoms with Crippen molar-refractivity contribution in [2.45, 2.75) is 32.5 Å². The smallest absolute Gasteiger partial charge is 0.234 e. The van der Waals surface area contributed by atoms with Crippen LogP contribution in [0.2, 0.25) is 0 Å². The van der Waals surface area contributed by atoms with Crippen molar-refractivity contribution in [1.29, 1.82) is 0 Å². The maximum Gasteiger partial charge on any atom is 0.234 e. The first-order valence-electron chi connectivity index (χ1n) is 9.67. The number of nitrogens with zero attached hydrogens (tertiary/aromatic N) is 5. The normalized spacial score (nSPS) is 12.6. The summed E-state index contributed by atoms with van der Waals surface area (Å²) in [6.07, 6.45) is 0. The molecule has 0 atom stereocenters. The van der Waals surface area contributed by atoms with E-state index < -0.39 is 0 Å². The maximum absolute atomic E-state index is 12.5. The predicted octanol–water partition coefficient (Wildman–Crippen LogP) is 3.10. The van der Waals surface area contributed by atoms with Crippen LogP contribution in [0.5, 0.6) is 11.5 Å². The molecular formula is C20H24N6O3S. The van der Waals surface area contributed by atoms with E-state index in [0.717, 1.165) is 17.9 Å². The van der Waals surface area contributed by atoms with E-state index in [-0.39, 0.29) is 18.5 Å². The van der Waals surface area contributed by atoms with Gasteiger partial charge in [-0.25, -0.2) is 0 Å². The van der Waals surface area contributed by atoms with Gasteiger partial charge in [-0.05, 0) is 31.0 Å².